The monoisotopic (exact) mass is 513 g/mol. The Morgan fingerprint density at radius 1 is 1.13 bits per heavy atom. The number of aromatic amines is 1. The first-order chi connectivity index (χ1) is 18.2. The highest BCUT2D eigenvalue weighted by Gasteiger charge is 2.48. The Bertz CT molecular complexity index is 1530. The lowest BCUT2D eigenvalue weighted by atomic mass is 9.93. The summed E-state index contributed by atoms with van der Waals surface area (Å²) in [5.74, 6) is -1.40. The summed E-state index contributed by atoms with van der Waals surface area (Å²) >= 11 is 0. The van der Waals surface area contributed by atoms with Crippen molar-refractivity contribution >= 4 is 28.7 Å². The van der Waals surface area contributed by atoms with Gasteiger partial charge in [-0.05, 0) is 50.5 Å². The number of rotatable bonds is 7. The van der Waals surface area contributed by atoms with Crippen molar-refractivity contribution in [3.63, 3.8) is 0 Å². The standard InChI is InChI=1S/C29H31N5O4/c1-18-5-8-20(9-6-18)14-31-28(37)29(3)16-33-17-32-24(27(36)38-4)25(33)26(35)34(29)12-11-21-15-30-23-10-7-19(2)13-22(21)23/h5-10,13,15,17,30H,11-12,14,16H2,1-4H3,(H,31,37)/t29-/m0/s1. The molecule has 2 aromatic carbocycles. The van der Waals surface area contributed by atoms with Crippen LogP contribution in [-0.4, -0.2) is 56.4 Å². The highest BCUT2D eigenvalue weighted by Crippen LogP contribution is 2.30. The topological polar surface area (TPSA) is 109 Å². The number of H-pyrrole nitrogens is 1. The third-order valence-electron chi connectivity index (χ3n) is 7.33. The quantitative estimate of drug-likeness (QED) is 0.368. The van der Waals surface area contributed by atoms with Crippen LogP contribution in [0.15, 0.2) is 55.0 Å². The van der Waals surface area contributed by atoms with Crippen LogP contribution in [0.1, 0.15) is 50.2 Å². The van der Waals surface area contributed by atoms with Crippen LogP contribution >= 0.6 is 0 Å². The molecule has 2 amide bonds. The predicted octanol–water partition coefficient (Wildman–Crippen LogP) is 3.54. The Morgan fingerprint density at radius 2 is 1.87 bits per heavy atom. The summed E-state index contributed by atoms with van der Waals surface area (Å²) in [5, 5.41) is 4.10. The number of hydrogen-bond acceptors (Lipinski definition) is 5. The lowest BCUT2D eigenvalue weighted by Crippen LogP contribution is -2.64. The van der Waals surface area contributed by atoms with E-state index in [1.165, 1.54) is 13.4 Å². The van der Waals surface area contributed by atoms with E-state index in [-0.39, 0.29) is 30.4 Å². The number of methoxy groups -OCH3 is 1. The van der Waals surface area contributed by atoms with Crippen molar-refractivity contribution in [1.82, 2.24) is 24.8 Å². The van der Waals surface area contributed by atoms with E-state index in [0.717, 1.165) is 33.2 Å². The summed E-state index contributed by atoms with van der Waals surface area (Å²) in [7, 11) is 1.25. The Kier molecular flexibility index (Phi) is 6.52. The summed E-state index contributed by atoms with van der Waals surface area (Å²) in [6, 6.07) is 14.1. The van der Waals surface area contributed by atoms with E-state index < -0.39 is 17.4 Å². The largest absolute Gasteiger partial charge is 0.464 e. The van der Waals surface area contributed by atoms with Crippen LogP contribution in [0.5, 0.6) is 0 Å². The Morgan fingerprint density at radius 3 is 2.61 bits per heavy atom. The number of imidazole rings is 1. The number of benzene rings is 2. The fourth-order valence-corrected chi connectivity index (χ4v) is 5.09. The van der Waals surface area contributed by atoms with Crippen molar-refractivity contribution in [2.24, 2.45) is 0 Å². The third kappa shape index (κ3) is 4.44. The molecule has 2 N–H and O–H groups in total. The molecular formula is C29H31N5O4. The average molecular weight is 514 g/mol. The minimum absolute atomic E-state index is 0.0488. The molecule has 0 aliphatic carbocycles. The molecule has 0 fully saturated rings. The van der Waals surface area contributed by atoms with E-state index in [0.29, 0.717) is 13.0 Å². The van der Waals surface area contributed by atoms with E-state index in [4.69, 9.17) is 4.74 Å². The Hall–Kier alpha value is -4.40. The second-order valence-electron chi connectivity index (χ2n) is 10.1. The smallest absolute Gasteiger partial charge is 0.359 e. The number of aromatic nitrogens is 3. The fourth-order valence-electron chi connectivity index (χ4n) is 5.09. The van der Waals surface area contributed by atoms with Gasteiger partial charge in [0.2, 0.25) is 5.91 Å². The number of ether oxygens (including phenoxy) is 1. The minimum atomic E-state index is -1.20. The van der Waals surface area contributed by atoms with Crippen molar-refractivity contribution in [2.75, 3.05) is 13.7 Å². The molecule has 9 nitrogen and oxygen atoms in total. The van der Waals surface area contributed by atoms with Crippen molar-refractivity contribution in [3.05, 3.63) is 88.6 Å². The van der Waals surface area contributed by atoms with Gasteiger partial charge in [0.1, 0.15) is 11.2 Å². The van der Waals surface area contributed by atoms with Crippen molar-refractivity contribution in [3.8, 4) is 0 Å². The van der Waals surface area contributed by atoms with Gasteiger partial charge < -0.3 is 24.5 Å². The molecule has 0 bridgehead atoms. The van der Waals surface area contributed by atoms with Gasteiger partial charge in [0.05, 0.1) is 20.0 Å². The van der Waals surface area contributed by atoms with Gasteiger partial charge in [-0.2, -0.15) is 0 Å². The number of amides is 2. The maximum Gasteiger partial charge on any atom is 0.359 e. The number of hydrogen-bond donors (Lipinski definition) is 2. The van der Waals surface area contributed by atoms with Gasteiger partial charge in [-0.15, -0.1) is 0 Å². The number of nitrogens with one attached hydrogen (secondary N) is 2. The lowest BCUT2D eigenvalue weighted by Gasteiger charge is -2.43. The summed E-state index contributed by atoms with van der Waals surface area (Å²) in [5.41, 5.74) is 4.18. The van der Waals surface area contributed by atoms with Gasteiger partial charge in [0.15, 0.2) is 5.69 Å². The second-order valence-corrected chi connectivity index (χ2v) is 10.1. The first-order valence-electron chi connectivity index (χ1n) is 12.6. The van der Waals surface area contributed by atoms with Crippen molar-refractivity contribution in [1.29, 1.82) is 0 Å². The number of aryl methyl sites for hydroxylation is 2. The van der Waals surface area contributed by atoms with Crippen LogP contribution < -0.4 is 5.32 Å². The first-order valence-corrected chi connectivity index (χ1v) is 12.6. The first kappa shape index (κ1) is 25.3. The average Bonchev–Trinajstić information content (AvgIpc) is 3.51. The maximum atomic E-state index is 13.9. The van der Waals surface area contributed by atoms with Gasteiger partial charge in [-0.3, -0.25) is 9.59 Å². The summed E-state index contributed by atoms with van der Waals surface area (Å²) in [4.78, 5) is 48.9. The van der Waals surface area contributed by atoms with E-state index >= 15 is 0 Å². The van der Waals surface area contributed by atoms with Gasteiger partial charge in [0.25, 0.3) is 5.91 Å². The third-order valence-corrected chi connectivity index (χ3v) is 7.33. The van der Waals surface area contributed by atoms with Crippen molar-refractivity contribution in [2.45, 2.75) is 45.8 Å². The number of esters is 1. The summed E-state index contributed by atoms with van der Waals surface area (Å²) < 4.78 is 6.42. The molecule has 1 aliphatic heterocycles. The maximum absolute atomic E-state index is 13.9. The van der Waals surface area contributed by atoms with E-state index in [9.17, 15) is 14.4 Å². The molecule has 9 heteroatoms. The Balaban J connectivity index is 1.46. The van der Waals surface area contributed by atoms with Gasteiger partial charge >= 0.3 is 5.97 Å². The molecule has 1 atom stereocenters. The number of nitrogens with zero attached hydrogens (tertiary/aromatic N) is 3. The van der Waals surface area contributed by atoms with E-state index in [1.54, 1.807) is 16.4 Å². The van der Waals surface area contributed by atoms with Crippen molar-refractivity contribution < 1.29 is 19.1 Å². The molecule has 5 rings (SSSR count). The summed E-state index contributed by atoms with van der Waals surface area (Å²) in [6.07, 6.45) is 3.89. The molecule has 3 heterocycles. The Labute approximate surface area is 220 Å². The van der Waals surface area contributed by atoms with E-state index in [2.05, 4.69) is 21.4 Å². The highest BCUT2D eigenvalue weighted by molar-refractivity contribution is 6.06. The van der Waals surface area contributed by atoms with Crippen LogP contribution in [0.25, 0.3) is 10.9 Å². The molecular weight excluding hydrogens is 482 g/mol. The van der Waals surface area contributed by atoms with Crippen LogP contribution in [0.4, 0.5) is 0 Å². The molecule has 0 saturated heterocycles. The van der Waals surface area contributed by atoms with Gasteiger partial charge in [-0.1, -0.05) is 41.5 Å². The molecule has 0 saturated carbocycles. The lowest BCUT2D eigenvalue weighted by molar-refractivity contribution is -0.133. The predicted molar refractivity (Wildman–Crippen MR) is 143 cm³/mol. The zero-order valence-electron chi connectivity index (χ0n) is 22.0. The van der Waals surface area contributed by atoms with Crippen LogP contribution in [0.3, 0.4) is 0 Å². The van der Waals surface area contributed by atoms with E-state index in [1.807, 2.05) is 56.4 Å². The molecule has 196 valence electrons. The molecule has 4 aromatic rings. The second kappa shape index (κ2) is 9.81. The molecule has 1 aliphatic rings. The minimum Gasteiger partial charge on any atom is -0.464 e. The fraction of sp³-hybridized carbons (Fsp3) is 0.310. The zero-order chi connectivity index (χ0) is 27.0. The molecule has 2 aromatic heterocycles. The van der Waals surface area contributed by atoms with Gasteiger partial charge in [0, 0.05) is 30.2 Å². The normalized spacial score (nSPS) is 16.9. The zero-order valence-corrected chi connectivity index (χ0v) is 22.0. The SMILES string of the molecule is COC(=O)c1ncn2c1C(=O)N(CCc1c[nH]c3ccc(C)cc13)[C@](C)(C(=O)NCc1ccc(C)cc1)C2. The highest BCUT2D eigenvalue weighted by atomic mass is 16.5. The summed E-state index contributed by atoms with van der Waals surface area (Å²) in [6.45, 7) is 6.58. The molecule has 0 unspecified atom stereocenters. The molecule has 38 heavy (non-hydrogen) atoms. The number of carbonyl (C=O) groups is 3. The molecule has 0 radical (unpaired) electrons. The molecule has 0 spiro atoms. The van der Waals surface area contributed by atoms with Crippen LogP contribution in [-0.2, 0) is 29.0 Å². The van der Waals surface area contributed by atoms with Gasteiger partial charge in [-0.25, -0.2) is 9.78 Å². The number of carbonyl (C=O) groups excluding carboxylic acids is 3. The van der Waals surface area contributed by atoms with Crippen LogP contribution in [0.2, 0.25) is 0 Å². The van der Waals surface area contributed by atoms with Crippen LogP contribution in [0, 0.1) is 13.8 Å². The number of fused-ring (bicyclic) bond motifs is 2.